The third-order valence-corrected chi connectivity index (χ3v) is 2.32. The number of carbonyl (C=O) groups is 1. The molecule has 0 aliphatic heterocycles. The number of carbonyl (C=O) groups excluding carboxylic acids is 1. The second-order valence-corrected chi connectivity index (χ2v) is 3.67. The van der Waals surface area contributed by atoms with E-state index < -0.39 is 16.6 Å². The highest BCUT2D eigenvalue weighted by atomic mass is 19.1. The van der Waals surface area contributed by atoms with Crippen LogP contribution in [0.3, 0.4) is 0 Å². The topological polar surface area (TPSA) is 98.3 Å². The molecule has 1 aromatic rings. The molecule has 0 aliphatic rings. The van der Waals surface area contributed by atoms with Crippen LogP contribution >= 0.6 is 0 Å². The number of nitro groups is 1. The molecule has 1 amide bonds. The quantitative estimate of drug-likeness (QED) is 0.453. The van der Waals surface area contributed by atoms with Gasteiger partial charge in [0.15, 0.2) is 0 Å². The van der Waals surface area contributed by atoms with Crippen molar-refractivity contribution >= 4 is 11.6 Å². The first kappa shape index (κ1) is 14.0. The molecule has 0 heterocycles. The fourth-order valence-corrected chi connectivity index (χ4v) is 1.37. The lowest BCUT2D eigenvalue weighted by Crippen LogP contribution is -2.25. The van der Waals surface area contributed by atoms with E-state index in [1.807, 2.05) is 0 Å². The summed E-state index contributed by atoms with van der Waals surface area (Å²) in [5.41, 5.74) is 4.65. The Labute approximate surface area is 103 Å². The minimum atomic E-state index is -0.781. The Morgan fingerprint density at radius 2 is 2.17 bits per heavy atom. The number of nitro benzene ring substituents is 1. The van der Waals surface area contributed by atoms with Crippen molar-refractivity contribution in [2.24, 2.45) is 5.73 Å². The lowest BCUT2D eigenvalue weighted by Gasteiger charge is -2.05. The second-order valence-electron chi connectivity index (χ2n) is 3.67. The molecular weight excluding hydrogens is 241 g/mol. The van der Waals surface area contributed by atoms with E-state index in [0.29, 0.717) is 19.5 Å². The smallest absolute Gasteiger partial charge is 0.270 e. The zero-order chi connectivity index (χ0) is 13.5. The van der Waals surface area contributed by atoms with Gasteiger partial charge in [-0.2, -0.15) is 0 Å². The number of nitrogens with two attached hydrogens (primary N) is 1. The molecule has 0 unspecified atom stereocenters. The molecule has 0 aliphatic carbocycles. The highest BCUT2D eigenvalue weighted by molar-refractivity contribution is 5.95. The van der Waals surface area contributed by atoms with Gasteiger partial charge in [-0.1, -0.05) is 0 Å². The van der Waals surface area contributed by atoms with E-state index in [1.54, 1.807) is 0 Å². The second kappa shape index (κ2) is 6.65. The van der Waals surface area contributed by atoms with Crippen LogP contribution in [0.4, 0.5) is 10.1 Å². The van der Waals surface area contributed by atoms with Crippen molar-refractivity contribution in [2.75, 3.05) is 13.1 Å². The van der Waals surface area contributed by atoms with Crippen LogP contribution in [0, 0.1) is 15.9 Å². The average molecular weight is 255 g/mol. The van der Waals surface area contributed by atoms with E-state index in [-0.39, 0.29) is 11.3 Å². The highest BCUT2D eigenvalue weighted by Crippen LogP contribution is 2.16. The van der Waals surface area contributed by atoms with Gasteiger partial charge in [-0.3, -0.25) is 14.9 Å². The van der Waals surface area contributed by atoms with E-state index in [4.69, 9.17) is 5.73 Å². The van der Waals surface area contributed by atoms with Crippen molar-refractivity contribution < 1.29 is 14.1 Å². The van der Waals surface area contributed by atoms with Crippen LogP contribution in [-0.2, 0) is 0 Å². The number of rotatable bonds is 6. The van der Waals surface area contributed by atoms with Crippen molar-refractivity contribution in [1.82, 2.24) is 5.32 Å². The molecule has 3 N–H and O–H groups in total. The Morgan fingerprint density at radius 3 is 2.78 bits per heavy atom. The lowest BCUT2D eigenvalue weighted by molar-refractivity contribution is -0.384. The summed E-state index contributed by atoms with van der Waals surface area (Å²) < 4.78 is 13.4. The van der Waals surface area contributed by atoms with Gasteiger partial charge in [0.2, 0.25) is 0 Å². The van der Waals surface area contributed by atoms with Gasteiger partial charge in [-0.25, -0.2) is 4.39 Å². The normalized spacial score (nSPS) is 10.1. The molecule has 0 radical (unpaired) electrons. The number of non-ortho nitro benzene ring substituents is 1. The van der Waals surface area contributed by atoms with Crippen LogP contribution in [0.1, 0.15) is 23.2 Å². The molecule has 7 heteroatoms. The largest absolute Gasteiger partial charge is 0.352 e. The molecular formula is C11H14FN3O3. The number of nitrogens with one attached hydrogen (secondary N) is 1. The maximum absolute atomic E-state index is 13.4. The Balaban J connectivity index is 2.72. The van der Waals surface area contributed by atoms with Crippen LogP contribution in [0.5, 0.6) is 0 Å². The van der Waals surface area contributed by atoms with Gasteiger partial charge in [0.1, 0.15) is 5.82 Å². The summed E-state index contributed by atoms with van der Waals surface area (Å²) in [4.78, 5) is 21.4. The number of benzene rings is 1. The molecule has 0 bridgehead atoms. The van der Waals surface area contributed by atoms with Crippen molar-refractivity contribution in [1.29, 1.82) is 0 Å². The Hall–Kier alpha value is -2.02. The van der Waals surface area contributed by atoms with Crippen LogP contribution in [0.15, 0.2) is 18.2 Å². The van der Waals surface area contributed by atoms with Crippen molar-refractivity contribution in [3.63, 3.8) is 0 Å². The fraction of sp³-hybridized carbons (Fsp3) is 0.364. The number of unbranched alkanes of at least 4 members (excludes halogenated alkanes) is 1. The van der Waals surface area contributed by atoms with E-state index in [9.17, 15) is 19.3 Å². The number of halogens is 1. The SMILES string of the molecule is NCCCCNC(=O)c1cc([N+](=O)[O-])ccc1F. The molecule has 1 rings (SSSR count). The maximum Gasteiger partial charge on any atom is 0.270 e. The van der Waals surface area contributed by atoms with Crippen molar-refractivity contribution in [3.05, 3.63) is 39.7 Å². The summed E-state index contributed by atoms with van der Waals surface area (Å²) in [6, 6.07) is 2.85. The van der Waals surface area contributed by atoms with Gasteiger partial charge in [0.25, 0.3) is 11.6 Å². The summed E-state index contributed by atoms with van der Waals surface area (Å²) in [6.07, 6.45) is 1.43. The summed E-state index contributed by atoms with van der Waals surface area (Å²) in [5.74, 6) is -1.44. The standard InChI is InChI=1S/C11H14FN3O3/c12-10-4-3-8(15(17)18)7-9(10)11(16)14-6-2-1-5-13/h3-4,7H,1-2,5-6,13H2,(H,14,16). The molecule has 0 spiro atoms. The molecule has 0 aromatic heterocycles. The first-order valence-electron chi connectivity index (χ1n) is 5.48. The number of hydrogen-bond donors (Lipinski definition) is 2. The number of amides is 1. The van der Waals surface area contributed by atoms with Gasteiger partial charge in [0, 0.05) is 18.7 Å². The predicted molar refractivity (Wildman–Crippen MR) is 63.7 cm³/mol. The van der Waals surface area contributed by atoms with Crippen molar-refractivity contribution in [2.45, 2.75) is 12.8 Å². The van der Waals surface area contributed by atoms with Gasteiger partial charge in [-0.15, -0.1) is 0 Å². The number of nitrogens with zero attached hydrogens (tertiary/aromatic N) is 1. The zero-order valence-corrected chi connectivity index (χ0v) is 9.69. The highest BCUT2D eigenvalue weighted by Gasteiger charge is 2.16. The Bertz CT molecular complexity index is 451. The average Bonchev–Trinajstić information content (AvgIpc) is 2.34. The van der Waals surface area contributed by atoms with Crippen LogP contribution in [0.2, 0.25) is 0 Å². The molecule has 0 fully saturated rings. The zero-order valence-electron chi connectivity index (χ0n) is 9.69. The molecule has 0 saturated carbocycles. The summed E-state index contributed by atoms with van der Waals surface area (Å²) >= 11 is 0. The summed E-state index contributed by atoms with van der Waals surface area (Å²) in [6.45, 7) is 0.874. The third-order valence-electron chi connectivity index (χ3n) is 2.32. The first-order valence-corrected chi connectivity index (χ1v) is 5.48. The van der Waals surface area contributed by atoms with E-state index in [1.165, 1.54) is 0 Å². The van der Waals surface area contributed by atoms with Crippen LogP contribution in [0.25, 0.3) is 0 Å². The van der Waals surface area contributed by atoms with E-state index in [2.05, 4.69) is 5.32 Å². The van der Waals surface area contributed by atoms with Crippen LogP contribution in [-0.4, -0.2) is 23.9 Å². The molecule has 1 aromatic carbocycles. The fourth-order valence-electron chi connectivity index (χ4n) is 1.37. The summed E-state index contributed by atoms with van der Waals surface area (Å²) in [7, 11) is 0. The maximum atomic E-state index is 13.4. The predicted octanol–water partition coefficient (Wildman–Crippen LogP) is 1.20. The molecule has 18 heavy (non-hydrogen) atoms. The van der Waals surface area contributed by atoms with Gasteiger partial charge in [-0.05, 0) is 25.5 Å². The Morgan fingerprint density at radius 1 is 1.44 bits per heavy atom. The minimum Gasteiger partial charge on any atom is -0.352 e. The molecule has 0 saturated heterocycles. The van der Waals surface area contributed by atoms with E-state index in [0.717, 1.165) is 24.6 Å². The monoisotopic (exact) mass is 255 g/mol. The van der Waals surface area contributed by atoms with Gasteiger partial charge in [0.05, 0.1) is 10.5 Å². The third kappa shape index (κ3) is 3.77. The summed E-state index contributed by atoms with van der Waals surface area (Å²) in [5, 5.41) is 13.0. The molecule has 0 atom stereocenters. The Kier molecular flexibility index (Phi) is 5.19. The lowest BCUT2D eigenvalue weighted by atomic mass is 10.1. The first-order chi connectivity index (χ1) is 8.56. The van der Waals surface area contributed by atoms with E-state index >= 15 is 0 Å². The minimum absolute atomic E-state index is 0.316. The van der Waals surface area contributed by atoms with Gasteiger partial charge < -0.3 is 11.1 Å². The van der Waals surface area contributed by atoms with Gasteiger partial charge >= 0.3 is 0 Å². The molecule has 98 valence electrons. The van der Waals surface area contributed by atoms with Crippen molar-refractivity contribution in [3.8, 4) is 0 Å². The number of hydrogen-bond acceptors (Lipinski definition) is 4. The van der Waals surface area contributed by atoms with Crippen LogP contribution < -0.4 is 11.1 Å². The molecule has 6 nitrogen and oxygen atoms in total.